The maximum atomic E-state index is 13.7. The summed E-state index contributed by atoms with van der Waals surface area (Å²) >= 11 is 5.61. The quantitative estimate of drug-likeness (QED) is 0.479. The molecule has 0 aliphatic rings. The summed E-state index contributed by atoms with van der Waals surface area (Å²) in [5, 5.41) is 8.32. The number of hydrogen-bond acceptors (Lipinski definition) is 4. The van der Waals surface area contributed by atoms with Gasteiger partial charge in [0.25, 0.3) is 0 Å². The molecular formula is C14H9ClF4O5S. The SMILES string of the molecule is Cc1cc2cc(Cl)c(F)cc2c(OS(=O)(=O)C(F)(F)F)c1CC(=O)O. The Bertz CT molecular complexity index is 970. The number of benzene rings is 2. The van der Waals surface area contributed by atoms with Crippen LogP contribution in [0.15, 0.2) is 18.2 Å². The first-order chi connectivity index (χ1) is 11.3. The largest absolute Gasteiger partial charge is 0.534 e. The average molecular weight is 401 g/mol. The van der Waals surface area contributed by atoms with Crippen LogP contribution >= 0.6 is 11.6 Å². The Labute approximate surface area is 143 Å². The molecule has 5 nitrogen and oxygen atoms in total. The van der Waals surface area contributed by atoms with E-state index in [1.165, 1.54) is 13.0 Å². The fourth-order valence-electron chi connectivity index (χ4n) is 2.16. The molecule has 2 aromatic rings. The van der Waals surface area contributed by atoms with E-state index in [1.807, 2.05) is 0 Å². The van der Waals surface area contributed by atoms with Gasteiger partial charge < -0.3 is 9.29 Å². The van der Waals surface area contributed by atoms with Crippen molar-refractivity contribution in [3.63, 3.8) is 0 Å². The molecule has 0 amide bonds. The molecule has 2 aromatic carbocycles. The van der Waals surface area contributed by atoms with Crippen LogP contribution in [0.3, 0.4) is 0 Å². The number of carbonyl (C=O) groups is 1. The number of alkyl halides is 3. The van der Waals surface area contributed by atoms with Crippen LogP contribution in [0, 0.1) is 12.7 Å². The van der Waals surface area contributed by atoms with Gasteiger partial charge in [-0.3, -0.25) is 4.79 Å². The lowest BCUT2D eigenvalue weighted by atomic mass is 9.98. The molecule has 0 heterocycles. The van der Waals surface area contributed by atoms with Gasteiger partial charge in [-0.05, 0) is 30.0 Å². The van der Waals surface area contributed by atoms with Crippen molar-refractivity contribution in [2.75, 3.05) is 0 Å². The van der Waals surface area contributed by atoms with E-state index < -0.39 is 39.6 Å². The Hall–Kier alpha value is -2.07. The van der Waals surface area contributed by atoms with Crippen LogP contribution in [0.5, 0.6) is 5.75 Å². The Balaban J connectivity index is 2.84. The maximum absolute atomic E-state index is 13.7. The molecule has 25 heavy (non-hydrogen) atoms. The molecule has 0 unspecified atom stereocenters. The van der Waals surface area contributed by atoms with Gasteiger partial charge in [-0.15, -0.1) is 0 Å². The van der Waals surface area contributed by atoms with E-state index in [1.54, 1.807) is 0 Å². The van der Waals surface area contributed by atoms with E-state index in [0.717, 1.165) is 6.07 Å². The Morgan fingerprint density at radius 2 is 1.88 bits per heavy atom. The predicted octanol–water partition coefficient (Wildman–Crippen LogP) is 3.80. The minimum Gasteiger partial charge on any atom is -0.481 e. The van der Waals surface area contributed by atoms with Gasteiger partial charge in [0, 0.05) is 10.9 Å². The van der Waals surface area contributed by atoms with Gasteiger partial charge in [0.05, 0.1) is 11.4 Å². The van der Waals surface area contributed by atoms with E-state index in [0.29, 0.717) is 6.07 Å². The molecule has 0 fully saturated rings. The highest BCUT2D eigenvalue weighted by Crippen LogP contribution is 2.38. The molecule has 0 saturated heterocycles. The summed E-state index contributed by atoms with van der Waals surface area (Å²) in [4.78, 5) is 11.0. The lowest BCUT2D eigenvalue weighted by Crippen LogP contribution is -2.28. The van der Waals surface area contributed by atoms with Crippen molar-refractivity contribution < 1.29 is 40.1 Å². The number of carboxylic acids is 1. The van der Waals surface area contributed by atoms with E-state index in [-0.39, 0.29) is 26.9 Å². The second kappa shape index (κ2) is 6.34. The maximum Gasteiger partial charge on any atom is 0.534 e. The van der Waals surface area contributed by atoms with Crippen LogP contribution in [-0.4, -0.2) is 25.0 Å². The molecule has 0 atom stereocenters. The average Bonchev–Trinajstić information content (AvgIpc) is 2.43. The van der Waals surface area contributed by atoms with Crippen LogP contribution < -0.4 is 4.18 Å². The summed E-state index contributed by atoms with van der Waals surface area (Å²) in [5.41, 5.74) is -5.92. The molecule has 0 bridgehead atoms. The van der Waals surface area contributed by atoms with Crippen molar-refractivity contribution in [1.29, 1.82) is 0 Å². The van der Waals surface area contributed by atoms with E-state index >= 15 is 0 Å². The molecule has 2 rings (SSSR count). The van der Waals surface area contributed by atoms with Crippen LogP contribution in [0.25, 0.3) is 10.8 Å². The molecule has 1 N–H and O–H groups in total. The zero-order valence-electron chi connectivity index (χ0n) is 12.3. The molecule has 0 aromatic heterocycles. The van der Waals surface area contributed by atoms with Crippen molar-refractivity contribution >= 4 is 38.5 Å². The van der Waals surface area contributed by atoms with Crippen LogP contribution in [-0.2, 0) is 21.3 Å². The molecule has 0 saturated carbocycles. The summed E-state index contributed by atoms with van der Waals surface area (Å²) in [6, 6.07) is 3.09. The Morgan fingerprint density at radius 3 is 2.40 bits per heavy atom. The monoisotopic (exact) mass is 400 g/mol. The van der Waals surface area contributed by atoms with Gasteiger partial charge in [0.15, 0.2) is 5.75 Å². The van der Waals surface area contributed by atoms with Crippen molar-refractivity contribution in [2.45, 2.75) is 18.9 Å². The Morgan fingerprint density at radius 1 is 1.28 bits per heavy atom. The number of aliphatic carboxylic acids is 1. The number of hydrogen-bond donors (Lipinski definition) is 1. The summed E-state index contributed by atoms with van der Waals surface area (Å²) in [5.74, 6) is -3.37. The van der Waals surface area contributed by atoms with Crippen molar-refractivity contribution in [1.82, 2.24) is 0 Å². The molecule has 0 aliphatic heterocycles. The van der Waals surface area contributed by atoms with Gasteiger partial charge in [-0.1, -0.05) is 17.7 Å². The minimum absolute atomic E-state index is 0.0883. The summed E-state index contributed by atoms with van der Waals surface area (Å²) in [7, 11) is -6.09. The Kier molecular flexibility index (Phi) is 4.88. The first-order valence-electron chi connectivity index (χ1n) is 6.47. The second-order valence-corrected chi connectivity index (χ2v) is 6.99. The van der Waals surface area contributed by atoms with E-state index in [9.17, 15) is 30.8 Å². The normalized spacial score (nSPS) is 12.4. The molecule has 0 aliphatic carbocycles. The third-order valence-electron chi connectivity index (χ3n) is 3.26. The van der Waals surface area contributed by atoms with Crippen molar-refractivity contribution in [3.05, 3.63) is 40.2 Å². The zero-order valence-corrected chi connectivity index (χ0v) is 13.9. The number of halogens is 5. The van der Waals surface area contributed by atoms with Gasteiger partial charge in [-0.2, -0.15) is 21.6 Å². The predicted molar refractivity (Wildman–Crippen MR) is 80.6 cm³/mol. The van der Waals surface area contributed by atoms with Gasteiger partial charge in [0.2, 0.25) is 0 Å². The number of carboxylic acid groups (broad SMARTS) is 1. The highest BCUT2D eigenvalue weighted by atomic mass is 35.5. The number of rotatable bonds is 4. The lowest BCUT2D eigenvalue weighted by Gasteiger charge is -2.17. The summed E-state index contributed by atoms with van der Waals surface area (Å²) in [6.45, 7) is 1.35. The fraction of sp³-hybridized carbons (Fsp3) is 0.214. The van der Waals surface area contributed by atoms with E-state index in [4.69, 9.17) is 16.7 Å². The topological polar surface area (TPSA) is 80.7 Å². The van der Waals surface area contributed by atoms with Crippen molar-refractivity contribution in [3.8, 4) is 5.75 Å². The smallest absolute Gasteiger partial charge is 0.481 e. The standard InChI is InChI=1S/C14H9ClF4O5S/c1-6-2-7-3-10(15)11(16)4-9(7)13(8(6)5-12(20)21)24-25(22,23)14(17,18)19/h2-4H,5H2,1H3,(H,20,21). The van der Waals surface area contributed by atoms with Crippen molar-refractivity contribution in [2.24, 2.45) is 0 Å². The first kappa shape index (κ1) is 19.3. The van der Waals surface area contributed by atoms with Gasteiger partial charge >= 0.3 is 21.6 Å². The highest BCUT2D eigenvalue weighted by Gasteiger charge is 2.49. The van der Waals surface area contributed by atoms with Crippen LogP contribution in [0.2, 0.25) is 5.02 Å². The molecule has 11 heteroatoms. The first-order valence-corrected chi connectivity index (χ1v) is 8.26. The molecule has 0 radical (unpaired) electrons. The fourth-order valence-corrected chi connectivity index (χ4v) is 2.84. The van der Waals surface area contributed by atoms with Crippen LogP contribution in [0.4, 0.5) is 17.6 Å². The zero-order chi connectivity index (χ0) is 19.2. The number of aryl methyl sites for hydroxylation is 1. The summed E-state index contributed by atoms with van der Waals surface area (Å²) in [6.07, 6.45) is -0.825. The number of fused-ring (bicyclic) bond motifs is 1. The molecular weight excluding hydrogens is 392 g/mol. The minimum atomic E-state index is -6.09. The molecule has 136 valence electrons. The third-order valence-corrected chi connectivity index (χ3v) is 4.51. The van der Waals surface area contributed by atoms with E-state index in [2.05, 4.69) is 4.18 Å². The second-order valence-electron chi connectivity index (χ2n) is 5.04. The van der Waals surface area contributed by atoms with Gasteiger partial charge in [0.1, 0.15) is 5.82 Å². The van der Waals surface area contributed by atoms with Gasteiger partial charge in [-0.25, -0.2) is 4.39 Å². The van der Waals surface area contributed by atoms with Crippen LogP contribution in [0.1, 0.15) is 11.1 Å². The highest BCUT2D eigenvalue weighted by molar-refractivity contribution is 7.88. The summed E-state index contributed by atoms with van der Waals surface area (Å²) < 4.78 is 78.5. The lowest BCUT2D eigenvalue weighted by molar-refractivity contribution is -0.136. The molecule has 0 spiro atoms. The third kappa shape index (κ3) is 3.79.